The molecular weight excluding hydrogens is 601 g/mol. The number of rotatable bonds is 6. The van der Waals surface area contributed by atoms with Crippen molar-refractivity contribution in [2.45, 2.75) is 127 Å². The van der Waals surface area contributed by atoms with Crippen LogP contribution in [0, 0.1) is 0 Å². The van der Waals surface area contributed by atoms with Gasteiger partial charge in [0.25, 0.3) is 0 Å². The molecule has 0 aliphatic heterocycles. The van der Waals surface area contributed by atoms with E-state index < -0.39 is 0 Å². The fraction of sp³-hybridized carbons (Fsp3) is 0.429. The van der Waals surface area contributed by atoms with E-state index in [4.69, 9.17) is 0 Å². The number of aromatic hydroxyl groups is 4. The van der Waals surface area contributed by atoms with E-state index in [1.54, 1.807) is 12.1 Å². The van der Waals surface area contributed by atoms with Crippen molar-refractivity contribution in [2.24, 2.45) is 0 Å². The van der Waals surface area contributed by atoms with E-state index >= 15 is 0 Å². The number of hydrogen-bond acceptors (Lipinski definition) is 5. The highest BCUT2D eigenvalue weighted by Crippen LogP contribution is 2.46. The van der Waals surface area contributed by atoms with Crippen molar-refractivity contribution in [3.05, 3.63) is 105 Å². The van der Waals surface area contributed by atoms with Crippen molar-refractivity contribution in [3.8, 4) is 23.0 Å². The van der Waals surface area contributed by atoms with Gasteiger partial charge in [0, 0.05) is 12.8 Å². The molecule has 4 nitrogen and oxygen atoms in total. The van der Waals surface area contributed by atoms with Crippen molar-refractivity contribution < 1.29 is 20.4 Å². The zero-order valence-electron chi connectivity index (χ0n) is 30.4. The molecule has 0 atom stereocenters. The fourth-order valence-electron chi connectivity index (χ4n) is 5.54. The van der Waals surface area contributed by atoms with Gasteiger partial charge < -0.3 is 20.4 Å². The van der Waals surface area contributed by atoms with Crippen LogP contribution in [0.25, 0.3) is 0 Å². The summed E-state index contributed by atoms with van der Waals surface area (Å²) in [5.74, 6) is 0.681. The summed E-state index contributed by atoms with van der Waals surface area (Å²) in [6, 6.07) is 19.5. The lowest BCUT2D eigenvalue weighted by Gasteiger charge is -2.25. The van der Waals surface area contributed by atoms with Crippen molar-refractivity contribution in [1.29, 1.82) is 0 Å². The van der Waals surface area contributed by atoms with E-state index in [9.17, 15) is 20.4 Å². The monoisotopic (exact) mass is 654 g/mol. The molecule has 0 spiro atoms. The van der Waals surface area contributed by atoms with Crippen molar-refractivity contribution in [1.82, 2.24) is 0 Å². The fourth-order valence-corrected chi connectivity index (χ4v) is 6.60. The molecule has 0 saturated heterocycles. The molecule has 5 heteroatoms. The zero-order chi connectivity index (χ0) is 35.3. The van der Waals surface area contributed by atoms with Gasteiger partial charge in [-0.15, -0.1) is 0 Å². The molecule has 0 unspecified atom stereocenters. The van der Waals surface area contributed by atoms with Crippen LogP contribution in [0.1, 0.15) is 128 Å². The highest BCUT2D eigenvalue weighted by molar-refractivity contribution is 7.99. The minimum Gasteiger partial charge on any atom is -0.508 e. The summed E-state index contributed by atoms with van der Waals surface area (Å²) in [7, 11) is 0. The molecule has 0 saturated carbocycles. The number of hydrogen-bond donors (Lipinski definition) is 4. The molecule has 0 radical (unpaired) electrons. The third-order valence-electron chi connectivity index (χ3n) is 8.91. The van der Waals surface area contributed by atoms with E-state index in [-0.39, 0.29) is 44.7 Å². The molecule has 4 aromatic rings. The van der Waals surface area contributed by atoms with Gasteiger partial charge >= 0.3 is 0 Å². The summed E-state index contributed by atoms with van der Waals surface area (Å²) in [5, 5.41) is 45.2. The summed E-state index contributed by atoms with van der Waals surface area (Å²) in [4.78, 5) is 1.28. The molecule has 0 aliphatic rings. The second-order valence-electron chi connectivity index (χ2n) is 17.1. The van der Waals surface area contributed by atoms with Crippen LogP contribution in [-0.2, 0) is 34.5 Å². The lowest BCUT2D eigenvalue weighted by molar-refractivity contribution is 0.449. The molecule has 252 valence electrons. The second kappa shape index (κ2) is 12.8. The summed E-state index contributed by atoms with van der Waals surface area (Å²) in [5.41, 5.74) is 6.70. The number of phenols is 4. The van der Waals surface area contributed by atoms with Gasteiger partial charge in [0.05, 0.1) is 9.79 Å². The highest BCUT2D eigenvalue weighted by atomic mass is 32.2. The molecule has 4 aromatic carbocycles. The first kappa shape index (κ1) is 36.3. The van der Waals surface area contributed by atoms with Crippen molar-refractivity contribution in [2.75, 3.05) is 0 Å². The van der Waals surface area contributed by atoms with Gasteiger partial charge in [-0.3, -0.25) is 0 Å². The Labute approximate surface area is 286 Å². The first-order chi connectivity index (χ1) is 21.4. The third kappa shape index (κ3) is 8.48. The van der Waals surface area contributed by atoms with Crippen LogP contribution in [0.15, 0.2) is 70.5 Å². The Kier molecular flexibility index (Phi) is 9.88. The predicted molar refractivity (Wildman–Crippen MR) is 197 cm³/mol. The minimum atomic E-state index is -0.205. The number of phenolic OH excluding ortho intramolecular Hbond substituents is 4. The van der Waals surface area contributed by atoms with Gasteiger partial charge in [-0.1, -0.05) is 131 Å². The lowest BCUT2D eigenvalue weighted by atomic mass is 9.83. The van der Waals surface area contributed by atoms with E-state index in [0.717, 1.165) is 44.5 Å². The van der Waals surface area contributed by atoms with Crippen LogP contribution in [-0.4, -0.2) is 20.4 Å². The molecule has 0 fully saturated rings. The average Bonchev–Trinajstić information content (AvgIpc) is 2.92. The average molecular weight is 655 g/mol. The highest BCUT2D eigenvalue weighted by Gasteiger charge is 2.25. The first-order valence-electron chi connectivity index (χ1n) is 16.5. The maximum absolute atomic E-state index is 11.8. The minimum absolute atomic E-state index is 0.0864. The molecule has 0 aromatic heterocycles. The van der Waals surface area contributed by atoms with E-state index in [2.05, 4.69) is 83.1 Å². The quantitative estimate of drug-likeness (QED) is 0.166. The van der Waals surface area contributed by atoms with Gasteiger partial charge in [0.1, 0.15) is 23.0 Å². The maximum atomic E-state index is 11.8. The summed E-state index contributed by atoms with van der Waals surface area (Å²) in [6.45, 7) is 25.7. The topological polar surface area (TPSA) is 80.9 Å². The molecule has 4 N–H and O–H groups in total. The van der Waals surface area contributed by atoms with Crippen LogP contribution in [0.5, 0.6) is 23.0 Å². The molecular formula is C42H54O4S. The van der Waals surface area contributed by atoms with Gasteiger partial charge in [-0.2, -0.15) is 0 Å². The Morgan fingerprint density at radius 1 is 0.404 bits per heavy atom. The Bertz CT molecular complexity index is 1640. The molecule has 0 amide bonds. The van der Waals surface area contributed by atoms with Crippen LogP contribution in [0.3, 0.4) is 0 Å². The summed E-state index contributed by atoms with van der Waals surface area (Å²) >= 11 is 1.35. The largest absolute Gasteiger partial charge is 0.508 e. The first-order valence-corrected chi connectivity index (χ1v) is 17.3. The van der Waals surface area contributed by atoms with Gasteiger partial charge in [-0.05, 0) is 90.4 Å². The Morgan fingerprint density at radius 3 is 1.00 bits per heavy atom. The standard InChI is InChI=1S/C42H54O4S/c1-39(2,3)29-13-15-33(43)25(19-29)17-27-21-31(41(7,8)9)23-35(37(27)45)47-36-24-32(42(10,11)12)22-28(38(36)46)18-26-20-30(40(4,5)6)14-16-34(26)44/h13-16,19-24,43-46H,17-18H2,1-12H3. The summed E-state index contributed by atoms with van der Waals surface area (Å²) < 4.78 is 0. The zero-order valence-corrected chi connectivity index (χ0v) is 31.2. The van der Waals surface area contributed by atoms with Gasteiger partial charge in [0.15, 0.2) is 0 Å². The molecule has 0 bridgehead atoms. The van der Waals surface area contributed by atoms with E-state index in [1.807, 2.05) is 48.5 Å². The van der Waals surface area contributed by atoms with Crippen LogP contribution < -0.4 is 0 Å². The van der Waals surface area contributed by atoms with Crippen LogP contribution in [0.2, 0.25) is 0 Å². The maximum Gasteiger partial charge on any atom is 0.133 e. The molecule has 47 heavy (non-hydrogen) atoms. The van der Waals surface area contributed by atoms with Gasteiger partial charge in [0.2, 0.25) is 0 Å². The Balaban J connectivity index is 1.85. The molecule has 4 rings (SSSR count). The van der Waals surface area contributed by atoms with Crippen molar-refractivity contribution >= 4 is 11.8 Å². The van der Waals surface area contributed by atoms with Crippen LogP contribution >= 0.6 is 11.8 Å². The second-order valence-corrected chi connectivity index (χ2v) is 18.2. The van der Waals surface area contributed by atoms with Crippen LogP contribution in [0.4, 0.5) is 0 Å². The number of benzene rings is 4. The molecule has 0 aliphatic carbocycles. The lowest BCUT2D eigenvalue weighted by Crippen LogP contribution is -2.13. The molecule has 0 heterocycles. The van der Waals surface area contributed by atoms with Crippen molar-refractivity contribution in [3.63, 3.8) is 0 Å². The third-order valence-corrected chi connectivity index (χ3v) is 9.97. The normalized spacial score (nSPS) is 12.9. The predicted octanol–water partition coefficient (Wildman–Crippen LogP) is 11.0. The Hall–Kier alpha value is -3.57. The van der Waals surface area contributed by atoms with Gasteiger partial charge in [-0.25, -0.2) is 0 Å². The van der Waals surface area contributed by atoms with E-state index in [1.165, 1.54) is 11.8 Å². The Morgan fingerprint density at radius 2 is 0.702 bits per heavy atom. The SMILES string of the molecule is CC(C)(C)c1ccc(O)c(Cc2cc(C(C)(C)C)cc(Sc3cc(C(C)(C)C)cc(Cc4cc(C(C)(C)C)ccc4O)c3O)c2O)c1. The summed E-state index contributed by atoms with van der Waals surface area (Å²) in [6.07, 6.45) is 0.726. The van der Waals surface area contributed by atoms with E-state index in [0.29, 0.717) is 22.6 Å². The smallest absolute Gasteiger partial charge is 0.133 e.